The number of nitrogens with zero attached hydrogens (tertiary/aromatic N) is 6. The molecule has 1 unspecified atom stereocenters. The zero-order chi connectivity index (χ0) is 22.5. The molecule has 0 radical (unpaired) electrons. The molecule has 3 aromatic rings. The highest BCUT2D eigenvalue weighted by Crippen LogP contribution is 2.22. The van der Waals surface area contributed by atoms with Crippen molar-refractivity contribution < 1.29 is 4.74 Å². The highest BCUT2D eigenvalue weighted by Gasteiger charge is 2.25. The van der Waals surface area contributed by atoms with E-state index in [2.05, 4.69) is 65.0 Å². The van der Waals surface area contributed by atoms with Gasteiger partial charge in [-0.25, -0.2) is 4.99 Å². The molecule has 0 amide bonds. The largest absolute Gasteiger partial charge is 0.370 e. The van der Waals surface area contributed by atoms with Crippen LogP contribution in [0.5, 0.6) is 0 Å². The number of hydrogen-bond acceptors (Lipinski definition) is 4. The van der Waals surface area contributed by atoms with Crippen molar-refractivity contribution in [3.05, 3.63) is 70.8 Å². The van der Waals surface area contributed by atoms with Crippen molar-refractivity contribution in [2.24, 2.45) is 12.0 Å². The maximum Gasteiger partial charge on any atom is 0.194 e. The van der Waals surface area contributed by atoms with Gasteiger partial charge < -0.3 is 15.0 Å². The number of aryl methyl sites for hydroxylation is 2. The van der Waals surface area contributed by atoms with Crippen LogP contribution in [-0.2, 0) is 24.9 Å². The van der Waals surface area contributed by atoms with Crippen LogP contribution in [0.15, 0.2) is 47.7 Å². The van der Waals surface area contributed by atoms with Crippen molar-refractivity contribution in [1.29, 1.82) is 0 Å². The Hall–Kier alpha value is -3.13. The van der Waals surface area contributed by atoms with Crippen LogP contribution in [0.25, 0.3) is 0 Å². The van der Waals surface area contributed by atoms with E-state index in [0.717, 1.165) is 43.4 Å². The topological polar surface area (TPSA) is 72.5 Å². The van der Waals surface area contributed by atoms with Crippen LogP contribution in [0, 0.1) is 13.8 Å². The molecule has 1 fully saturated rings. The molecule has 0 aliphatic carbocycles. The lowest BCUT2D eigenvalue weighted by molar-refractivity contribution is -0.00805. The zero-order valence-electron chi connectivity index (χ0n) is 19.5. The van der Waals surface area contributed by atoms with Gasteiger partial charge in [-0.1, -0.05) is 30.3 Å². The van der Waals surface area contributed by atoms with E-state index in [-0.39, 0.29) is 6.10 Å². The summed E-state index contributed by atoms with van der Waals surface area (Å²) >= 11 is 0. The Bertz CT molecular complexity index is 1050. The minimum atomic E-state index is -0.00148. The number of rotatable bonds is 6. The summed E-state index contributed by atoms with van der Waals surface area (Å²) in [5, 5.41) is 12.5. The Morgan fingerprint density at radius 3 is 2.78 bits per heavy atom. The maximum absolute atomic E-state index is 6.01. The number of aromatic nitrogens is 4. The van der Waals surface area contributed by atoms with Crippen molar-refractivity contribution >= 4 is 5.96 Å². The predicted octanol–water partition coefficient (Wildman–Crippen LogP) is 2.82. The van der Waals surface area contributed by atoms with Gasteiger partial charge in [0.25, 0.3) is 0 Å². The smallest absolute Gasteiger partial charge is 0.194 e. The van der Waals surface area contributed by atoms with Crippen LogP contribution in [0.1, 0.15) is 41.1 Å². The second-order valence-corrected chi connectivity index (χ2v) is 8.22. The van der Waals surface area contributed by atoms with Gasteiger partial charge in [-0.15, -0.1) is 0 Å². The van der Waals surface area contributed by atoms with E-state index in [1.54, 1.807) is 0 Å². The van der Waals surface area contributed by atoms with E-state index < -0.39 is 0 Å². The molecule has 0 bridgehead atoms. The molecule has 1 N–H and O–H groups in total. The number of nitrogens with one attached hydrogen (secondary N) is 1. The SMILES string of the molecule is CCNC(=NCc1c(C)nn(Cc2ccccc2)c1C)N1CCOC(c2cnn(C)c2)C1. The fraction of sp³-hybridized carbons (Fsp3) is 0.458. The van der Waals surface area contributed by atoms with E-state index >= 15 is 0 Å². The van der Waals surface area contributed by atoms with Gasteiger partial charge >= 0.3 is 0 Å². The van der Waals surface area contributed by atoms with Crippen LogP contribution in [-0.4, -0.2) is 56.7 Å². The summed E-state index contributed by atoms with van der Waals surface area (Å²) < 4.78 is 9.90. The minimum absolute atomic E-state index is 0.00148. The lowest BCUT2D eigenvalue weighted by Gasteiger charge is -2.34. The van der Waals surface area contributed by atoms with Crippen molar-refractivity contribution in [3.8, 4) is 0 Å². The fourth-order valence-corrected chi connectivity index (χ4v) is 4.10. The molecular formula is C24H33N7O. The van der Waals surface area contributed by atoms with Crippen molar-refractivity contribution in [3.63, 3.8) is 0 Å². The standard InChI is InChI=1S/C24H33N7O/c1-5-25-24(30-11-12-32-23(17-30)21-13-27-29(4)16-21)26-14-22-18(2)28-31(19(22)3)15-20-9-7-6-8-10-20/h6-10,13,16,23H,5,11-12,14-15,17H2,1-4H3,(H,25,26). The Morgan fingerprint density at radius 2 is 2.06 bits per heavy atom. The first-order valence-corrected chi connectivity index (χ1v) is 11.3. The van der Waals surface area contributed by atoms with Crippen molar-refractivity contribution in [2.45, 2.75) is 40.0 Å². The molecular weight excluding hydrogens is 402 g/mol. The van der Waals surface area contributed by atoms with Crippen LogP contribution in [0.3, 0.4) is 0 Å². The third-order valence-corrected chi connectivity index (χ3v) is 5.89. The Morgan fingerprint density at radius 1 is 1.25 bits per heavy atom. The molecule has 2 aromatic heterocycles. The summed E-state index contributed by atoms with van der Waals surface area (Å²) in [5.74, 6) is 0.916. The summed E-state index contributed by atoms with van der Waals surface area (Å²) in [6.07, 6.45) is 3.90. The van der Waals surface area contributed by atoms with Crippen molar-refractivity contribution in [2.75, 3.05) is 26.2 Å². The summed E-state index contributed by atoms with van der Waals surface area (Å²) in [5.41, 5.74) is 5.74. The fourth-order valence-electron chi connectivity index (χ4n) is 4.10. The average molecular weight is 436 g/mol. The number of benzene rings is 1. The first-order chi connectivity index (χ1) is 15.5. The van der Waals surface area contributed by atoms with Gasteiger partial charge in [0.15, 0.2) is 5.96 Å². The molecule has 4 rings (SSSR count). The monoisotopic (exact) mass is 435 g/mol. The predicted molar refractivity (Wildman–Crippen MR) is 126 cm³/mol. The van der Waals surface area contributed by atoms with E-state index in [4.69, 9.17) is 14.8 Å². The van der Waals surface area contributed by atoms with Crippen LogP contribution < -0.4 is 5.32 Å². The zero-order valence-corrected chi connectivity index (χ0v) is 19.5. The lowest BCUT2D eigenvalue weighted by atomic mass is 10.1. The van der Waals surface area contributed by atoms with E-state index in [0.29, 0.717) is 13.2 Å². The molecule has 170 valence electrons. The van der Waals surface area contributed by atoms with Gasteiger partial charge in [0, 0.05) is 43.2 Å². The number of aliphatic imine (C=N–C) groups is 1. The second-order valence-electron chi connectivity index (χ2n) is 8.22. The van der Waals surface area contributed by atoms with Gasteiger partial charge in [0.1, 0.15) is 6.10 Å². The average Bonchev–Trinajstić information content (AvgIpc) is 3.35. The molecule has 1 saturated heterocycles. The van der Waals surface area contributed by atoms with Crippen LogP contribution >= 0.6 is 0 Å². The second kappa shape index (κ2) is 9.99. The van der Waals surface area contributed by atoms with Gasteiger partial charge in [0.05, 0.1) is 38.1 Å². The lowest BCUT2D eigenvalue weighted by Crippen LogP contribution is -2.48. The minimum Gasteiger partial charge on any atom is -0.370 e. The molecule has 8 heteroatoms. The Kier molecular flexibility index (Phi) is 6.90. The Labute approximate surface area is 189 Å². The third-order valence-electron chi connectivity index (χ3n) is 5.89. The van der Waals surface area contributed by atoms with Gasteiger partial charge in [-0.2, -0.15) is 10.2 Å². The molecule has 0 spiro atoms. The summed E-state index contributed by atoms with van der Waals surface area (Å²) in [4.78, 5) is 7.27. The summed E-state index contributed by atoms with van der Waals surface area (Å²) in [7, 11) is 1.93. The van der Waals surface area contributed by atoms with Crippen molar-refractivity contribution in [1.82, 2.24) is 29.8 Å². The summed E-state index contributed by atoms with van der Waals surface area (Å²) in [6, 6.07) is 10.4. The molecule has 3 heterocycles. The quantitative estimate of drug-likeness (QED) is 0.476. The van der Waals surface area contributed by atoms with E-state index in [9.17, 15) is 0 Å². The number of ether oxygens (including phenoxy) is 1. The number of hydrogen-bond donors (Lipinski definition) is 1. The molecule has 1 aliphatic rings. The van der Waals surface area contributed by atoms with Crippen LogP contribution in [0.2, 0.25) is 0 Å². The molecule has 1 atom stereocenters. The first-order valence-electron chi connectivity index (χ1n) is 11.3. The van der Waals surface area contributed by atoms with Gasteiger partial charge in [-0.05, 0) is 26.3 Å². The van der Waals surface area contributed by atoms with Gasteiger partial charge in [0.2, 0.25) is 0 Å². The van der Waals surface area contributed by atoms with E-state index in [1.807, 2.05) is 30.2 Å². The molecule has 8 nitrogen and oxygen atoms in total. The Balaban J connectivity index is 1.49. The first kappa shape index (κ1) is 22.1. The highest BCUT2D eigenvalue weighted by molar-refractivity contribution is 5.80. The van der Waals surface area contributed by atoms with Crippen LogP contribution in [0.4, 0.5) is 0 Å². The number of guanidine groups is 1. The molecule has 32 heavy (non-hydrogen) atoms. The molecule has 1 aromatic carbocycles. The maximum atomic E-state index is 6.01. The summed E-state index contributed by atoms with van der Waals surface area (Å²) in [6.45, 7) is 10.7. The van der Waals surface area contributed by atoms with Gasteiger partial charge in [-0.3, -0.25) is 9.36 Å². The molecule has 1 aliphatic heterocycles. The molecule has 0 saturated carbocycles. The van der Waals surface area contributed by atoms with E-state index in [1.165, 1.54) is 16.8 Å². The third kappa shape index (κ3) is 5.02. The highest BCUT2D eigenvalue weighted by atomic mass is 16.5. The normalized spacial score (nSPS) is 17.1. The number of morpholine rings is 1.